The highest BCUT2D eigenvalue weighted by atomic mass is 16.6. The summed E-state index contributed by atoms with van der Waals surface area (Å²) in [7, 11) is 1.27. The monoisotopic (exact) mass is 269 g/mol. The van der Waals surface area contributed by atoms with E-state index in [1.807, 2.05) is 20.8 Å². The van der Waals surface area contributed by atoms with Gasteiger partial charge in [-0.15, -0.1) is 5.10 Å². The second-order valence-corrected chi connectivity index (χ2v) is 5.01. The van der Waals surface area contributed by atoms with Crippen molar-refractivity contribution < 1.29 is 19.1 Å². The van der Waals surface area contributed by atoms with E-state index in [-0.39, 0.29) is 11.8 Å². The fourth-order valence-electron chi connectivity index (χ4n) is 1.37. The SMILES string of the molecule is COC(=O)c1ncn(CCCC(=O)OC(C)(C)C)n1. The number of aryl methyl sites for hydroxylation is 1. The van der Waals surface area contributed by atoms with Gasteiger partial charge >= 0.3 is 11.9 Å². The maximum Gasteiger partial charge on any atom is 0.377 e. The van der Waals surface area contributed by atoms with Crippen molar-refractivity contribution in [2.75, 3.05) is 7.11 Å². The van der Waals surface area contributed by atoms with E-state index < -0.39 is 11.6 Å². The Balaban J connectivity index is 2.35. The molecule has 0 radical (unpaired) electrons. The van der Waals surface area contributed by atoms with Gasteiger partial charge in [-0.05, 0) is 27.2 Å². The lowest BCUT2D eigenvalue weighted by Gasteiger charge is -2.19. The number of hydrogen-bond acceptors (Lipinski definition) is 6. The van der Waals surface area contributed by atoms with Crippen LogP contribution in [-0.2, 0) is 20.8 Å². The fraction of sp³-hybridized carbons (Fsp3) is 0.667. The van der Waals surface area contributed by atoms with Crippen molar-refractivity contribution in [2.45, 2.75) is 45.8 Å². The zero-order valence-electron chi connectivity index (χ0n) is 11.7. The van der Waals surface area contributed by atoms with E-state index in [1.54, 1.807) is 0 Å². The molecule has 0 atom stereocenters. The summed E-state index contributed by atoms with van der Waals surface area (Å²) in [5.74, 6) is -0.813. The third-order valence-electron chi connectivity index (χ3n) is 2.09. The molecule has 0 saturated carbocycles. The normalized spacial score (nSPS) is 11.2. The maximum absolute atomic E-state index is 11.5. The Kier molecular flexibility index (Phi) is 5.02. The minimum Gasteiger partial charge on any atom is -0.463 e. The van der Waals surface area contributed by atoms with Crippen LogP contribution in [-0.4, -0.2) is 39.4 Å². The van der Waals surface area contributed by atoms with Gasteiger partial charge in [-0.3, -0.25) is 9.48 Å². The standard InChI is InChI=1S/C12H19N3O4/c1-12(2,3)19-9(16)6-5-7-15-8-13-10(14-15)11(17)18-4/h8H,5-7H2,1-4H3. The van der Waals surface area contributed by atoms with Crippen molar-refractivity contribution in [1.29, 1.82) is 0 Å². The Morgan fingerprint density at radius 2 is 2.05 bits per heavy atom. The van der Waals surface area contributed by atoms with Gasteiger partial charge in [0, 0.05) is 13.0 Å². The molecule has 0 amide bonds. The molecule has 0 aliphatic rings. The number of ether oxygens (including phenoxy) is 2. The molecule has 0 aliphatic heterocycles. The van der Waals surface area contributed by atoms with E-state index in [0.29, 0.717) is 19.4 Å². The minimum atomic E-state index is -0.578. The van der Waals surface area contributed by atoms with Gasteiger partial charge in [-0.25, -0.2) is 9.78 Å². The molecule has 0 N–H and O–H groups in total. The van der Waals surface area contributed by atoms with Crippen LogP contribution in [0, 0.1) is 0 Å². The van der Waals surface area contributed by atoms with Crippen LogP contribution in [0.25, 0.3) is 0 Å². The average Bonchev–Trinajstić information content (AvgIpc) is 2.74. The number of aromatic nitrogens is 3. The van der Waals surface area contributed by atoms with E-state index >= 15 is 0 Å². The highest BCUT2D eigenvalue weighted by Gasteiger charge is 2.16. The van der Waals surface area contributed by atoms with Gasteiger partial charge in [0.25, 0.3) is 5.82 Å². The molecule has 1 heterocycles. The molecule has 7 heteroatoms. The van der Waals surface area contributed by atoms with Crippen molar-refractivity contribution in [3.8, 4) is 0 Å². The van der Waals surface area contributed by atoms with Crippen LogP contribution in [0.15, 0.2) is 6.33 Å². The largest absolute Gasteiger partial charge is 0.463 e. The number of nitrogens with zero attached hydrogens (tertiary/aromatic N) is 3. The predicted octanol–water partition coefficient (Wildman–Crippen LogP) is 1.19. The summed E-state index contributed by atoms with van der Waals surface area (Å²) in [6.45, 7) is 5.96. The van der Waals surface area contributed by atoms with E-state index in [1.165, 1.54) is 18.1 Å². The second kappa shape index (κ2) is 6.31. The molecule has 1 aromatic heterocycles. The topological polar surface area (TPSA) is 83.3 Å². The lowest BCUT2D eigenvalue weighted by Crippen LogP contribution is -2.23. The first-order chi connectivity index (χ1) is 8.81. The first-order valence-corrected chi connectivity index (χ1v) is 6.01. The third-order valence-corrected chi connectivity index (χ3v) is 2.09. The summed E-state index contributed by atoms with van der Waals surface area (Å²) in [5.41, 5.74) is -0.470. The zero-order chi connectivity index (χ0) is 14.5. The van der Waals surface area contributed by atoms with Crippen molar-refractivity contribution in [1.82, 2.24) is 14.8 Å². The van der Waals surface area contributed by atoms with Crippen molar-refractivity contribution in [2.24, 2.45) is 0 Å². The maximum atomic E-state index is 11.5. The molecule has 0 bridgehead atoms. The number of carbonyl (C=O) groups excluding carboxylic acids is 2. The molecule has 1 rings (SSSR count). The highest BCUT2D eigenvalue weighted by Crippen LogP contribution is 2.09. The first-order valence-electron chi connectivity index (χ1n) is 6.01. The number of esters is 2. The molecule has 0 fully saturated rings. The molecular weight excluding hydrogens is 250 g/mol. The summed E-state index contributed by atoms with van der Waals surface area (Å²) in [4.78, 5) is 26.4. The fourth-order valence-corrected chi connectivity index (χ4v) is 1.37. The van der Waals surface area contributed by atoms with Crippen molar-refractivity contribution in [3.05, 3.63) is 12.2 Å². The van der Waals surface area contributed by atoms with E-state index in [9.17, 15) is 9.59 Å². The van der Waals surface area contributed by atoms with Crippen LogP contribution in [0.5, 0.6) is 0 Å². The van der Waals surface area contributed by atoms with E-state index in [4.69, 9.17) is 4.74 Å². The predicted molar refractivity (Wildman–Crippen MR) is 66.4 cm³/mol. The average molecular weight is 269 g/mol. The van der Waals surface area contributed by atoms with Gasteiger partial charge in [-0.2, -0.15) is 0 Å². The molecule has 0 saturated heterocycles. The van der Waals surface area contributed by atoms with Gasteiger partial charge < -0.3 is 9.47 Å². The quantitative estimate of drug-likeness (QED) is 0.746. The molecule has 1 aromatic rings. The van der Waals surface area contributed by atoms with Crippen LogP contribution in [0.2, 0.25) is 0 Å². The summed E-state index contributed by atoms with van der Waals surface area (Å²) < 4.78 is 11.2. The zero-order valence-corrected chi connectivity index (χ0v) is 11.7. The highest BCUT2D eigenvalue weighted by molar-refractivity contribution is 5.84. The van der Waals surface area contributed by atoms with E-state index in [2.05, 4.69) is 14.8 Å². The van der Waals surface area contributed by atoms with Gasteiger partial charge in [0.1, 0.15) is 11.9 Å². The Morgan fingerprint density at radius 1 is 1.37 bits per heavy atom. The van der Waals surface area contributed by atoms with Gasteiger partial charge in [0.05, 0.1) is 7.11 Å². The second-order valence-electron chi connectivity index (χ2n) is 5.01. The van der Waals surface area contributed by atoms with Gasteiger partial charge in [-0.1, -0.05) is 0 Å². The molecule has 19 heavy (non-hydrogen) atoms. The van der Waals surface area contributed by atoms with Crippen LogP contribution in [0.1, 0.15) is 44.2 Å². The molecular formula is C12H19N3O4. The molecule has 0 spiro atoms. The number of hydrogen-bond donors (Lipinski definition) is 0. The molecule has 0 unspecified atom stereocenters. The Labute approximate surface area is 111 Å². The summed E-state index contributed by atoms with van der Waals surface area (Å²) in [5, 5.41) is 3.93. The minimum absolute atomic E-state index is 0.0137. The van der Waals surface area contributed by atoms with Gasteiger partial charge in [0.2, 0.25) is 0 Å². The summed E-state index contributed by atoms with van der Waals surface area (Å²) in [6, 6.07) is 0. The van der Waals surface area contributed by atoms with Gasteiger partial charge in [0.15, 0.2) is 0 Å². The van der Waals surface area contributed by atoms with Crippen LogP contribution < -0.4 is 0 Å². The molecule has 7 nitrogen and oxygen atoms in total. The molecule has 0 aromatic carbocycles. The summed E-state index contributed by atoms with van der Waals surface area (Å²) >= 11 is 0. The molecule has 106 valence electrons. The number of carbonyl (C=O) groups is 2. The number of methoxy groups -OCH3 is 1. The van der Waals surface area contributed by atoms with Crippen LogP contribution in [0.4, 0.5) is 0 Å². The van der Waals surface area contributed by atoms with Crippen LogP contribution >= 0.6 is 0 Å². The third kappa shape index (κ3) is 5.50. The van der Waals surface area contributed by atoms with Crippen molar-refractivity contribution in [3.63, 3.8) is 0 Å². The lowest BCUT2D eigenvalue weighted by molar-refractivity contribution is -0.154. The van der Waals surface area contributed by atoms with Crippen molar-refractivity contribution >= 4 is 11.9 Å². The smallest absolute Gasteiger partial charge is 0.377 e. The Morgan fingerprint density at radius 3 is 2.63 bits per heavy atom. The first kappa shape index (κ1) is 15.1. The number of rotatable bonds is 5. The Bertz CT molecular complexity index is 448. The summed E-state index contributed by atoms with van der Waals surface area (Å²) in [6.07, 6.45) is 2.30. The Hall–Kier alpha value is -1.92. The lowest BCUT2D eigenvalue weighted by atomic mass is 10.2. The van der Waals surface area contributed by atoms with E-state index in [0.717, 1.165) is 0 Å². The molecule has 0 aliphatic carbocycles. The van der Waals surface area contributed by atoms with Crippen LogP contribution in [0.3, 0.4) is 0 Å².